The highest BCUT2D eigenvalue weighted by atomic mass is 35.5. The molecule has 0 aliphatic carbocycles. The lowest BCUT2D eigenvalue weighted by molar-refractivity contribution is -0.136. The van der Waals surface area contributed by atoms with Crippen LogP contribution in [-0.4, -0.2) is 42.5 Å². The number of carbonyl (C=O) groups excluding carboxylic acids is 1. The molecule has 1 aliphatic heterocycles. The standard InChI is InChI=1S/C11H20ClNO2/c1-2-15-9-11(14)13-8-4-6-10(13)5-3-7-12/h10H,2-9H2,1H3. The van der Waals surface area contributed by atoms with E-state index in [1.54, 1.807) is 0 Å². The molecule has 0 aromatic carbocycles. The average molecular weight is 234 g/mol. The molecule has 1 heterocycles. The smallest absolute Gasteiger partial charge is 0.248 e. The van der Waals surface area contributed by atoms with Crippen LogP contribution in [-0.2, 0) is 9.53 Å². The van der Waals surface area contributed by atoms with E-state index in [-0.39, 0.29) is 12.5 Å². The van der Waals surface area contributed by atoms with Crippen molar-refractivity contribution < 1.29 is 9.53 Å². The Morgan fingerprint density at radius 3 is 3.07 bits per heavy atom. The summed E-state index contributed by atoms with van der Waals surface area (Å²) in [7, 11) is 0. The minimum atomic E-state index is 0.133. The van der Waals surface area contributed by atoms with E-state index >= 15 is 0 Å². The van der Waals surface area contributed by atoms with Crippen LogP contribution in [0.2, 0.25) is 0 Å². The molecule has 0 spiro atoms. The zero-order valence-electron chi connectivity index (χ0n) is 9.38. The highest BCUT2D eigenvalue weighted by molar-refractivity contribution is 6.17. The van der Waals surface area contributed by atoms with Crippen molar-refractivity contribution in [3.8, 4) is 0 Å². The van der Waals surface area contributed by atoms with Crippen molar-refractivity contribution in [2.24, 2.45) is 0 Å². The van der Waals surface area contributed by atoms with Gasteiger partial charge in [-0.2, -0.15) is 0 Å². The summed E-state index contributed by atoms with van der Waals surface area (Å²) in [5, 5.41) is 0. The fourth-order valence-electron chi connectivity index (χ4n) is 2.05. The van der Waals surface area contributed by atoms with Gasteiger partial charge in [-0.3, -0.25) is 4.79 Å². The van der Waals surface area contributed by atoms with E-state index in [1.807, 2.05) is 11.8 Å². The van der Waals surface area contributed by atoms with E-state index in [1.165, 1.54) is 0 Å². The topological polar surface area (TPSA) is 29.5 Å². The molecular formula is C11H20ClNO2. The number of hydrogen-bond donors (Lipinski definition) is 0. The Labute approximate surface area is 96.7 Å². The van der Waals surface area contributed by atoms with Crippen LogP contribution >= 0.6 is 11.6 Å². The molecule has 1 unspecified atom stereocenters. The van der Waals surface area contributed by atoms with Gasteiger partial charge in [-0.1, -0.05) is 0 Å². The lowest BCUT2D eigenvalue weighted by Gasteiger charge is -2.24. The third kappa shape index (κ3) is 3.99. The Hall–Kier alpha value is -0.280. The molecule has 0 aromatic heterocycles. The van der Waals surface area contributed by atoms with E-state index in [0.29, 0.717) is 18.5 Å². The third-order valence-corrected chi connectivity index (χ3v) is 3.07. The lowest BCUT2D eigenvalue weighted by Crippen LogP contribution is -2.38. The second-order valence-corrected chi connectivity index (χ2v) is 4.23. The first kappa shape index (κ1) is 12.8. The van der Waals surface area contributed by atoms with E-state index in [2.05, 4.69) is 0 Å². The number of nitrogens with zero attached hydrogens (tertiary/aromatic N) is 1. The van der Waals surface area contributed by atoms with E-state index in [4.69, 9.17) is 16.3 Å². The second kappa shape index (κ2) is 7.07. The van der Waals surface area contributed by atoms with Gasteiger partial charge in [0.15, 0.2) is 0 Å². The molecular weight excluding hydrogens is 214 g/mol. The first-order valence-corrected chi connectivity index (χ1v) is 6.26. The SMILES string of the molecule is CCOCC(=O)N1CCCC1CCCCl. The second-order valence-electron chi connectivity index (χ2n) is 3.85. The fourth-order valence-corrected chi connectivity index (χ4v) is 2.20. The van der Waals surface area contributed by atoms with Gasteiger partial charge in [0, 0.05) is 25.1 Å². The van der Waals surface area contributed by atoms with Gasteiger partial charge in [0.05, 0.1) is 0 Å². The van der Waals surface area contributed by atoms with Crippen LogP contribution in [0.4, 0.5) is 0 Å². The molecule has 3 nitrogen and oxygen atoms in total. The number of carbonyl (C=O) groups is 1. The van der Waals surface area contributed by atoms with Gasteiger partial charge >= 0.3 is 0 Å². The predicted molar refractivity (Wildman–Crippen MR) is 61.2 cm³/mol. The van der Waals surface area contributed by atoms with Crippen molar-refractivity contribution in [2.75, 3.05) is 25.6 Å². The Bertz CT molecular complexity index is 199. The van der Waals surface area contributed by atoms with Crippen LogP contribution in [0.1, 0.15) is 32.6 Å². The van der Waals surface area contributed by atoms with Crippen molar-refractivity contribution in [2.45, 2.75) is 38.6 Å². The minimum absolute atomic E-state index is 0.133. The van der Waals surface area contributed by atoms with Gasteiger partial charge in [-0.15, -0.1) is 11.6 Å². The van der Waals surface area contributed by atoms with Crippen molar-refractivity contribution in [3.05, 3.63) is 0 Å². The number of likely N-dealkylation sites (tertiary alicyclic amines) is 1. The van der Waals surface area contributed by atoms with Crippen molar-refractivity contribution in [1.82, 2.24) is 4.90 Å². The predicted octanol–water partition coefficient (Wildman–Crippen LogP) is 2.03. The zero-order chi connectivity index (χ0) is 11.1. The van der Waals surface area contributed by atoms with Crippen LogP contribution in [0.15, 0.2) is 0 Å². The molecule has 1 aliphatic rings. The summed E-state index contributed by atoms with van der Waals surface area (Å²) in [6.07, 6.45) is 4.26. The van der Waals surface area contributed by atoms with Crippen molar-refractivity contribution in [3.63, 3.8) is 0 Å². The van der Waals surface area contributed by atoms with Gasteiger partial charge in [-0.05, 0) is 32.6 Å². The quantitative estimate of drug-likeness (QED) is 0.657. The minimum Gasteiger partial charge on any atom is -0.372 e. The maximum absolute atomic E-state index is 11.7. The molecule has 0 bridgehead atoms. The molecule has 88 valence electrons. The Morgan fingerprint density at radius 2 is 2.40 bits per heavy atom. The summed E-state index contributed by atoms with van der Waals surface area (Å²) in [6, 6.07) is 0.400. The first-order chi connectivity index (χ1) is 7.29. The van der Waals surface area contributed by atoms with E-state index in [0.717, 1.165) is 32.2 Å². The van der Waals surface area contributed by atoms with E-state index in [9.17, 15) is 4.79 Å². The highest BCUT2D eigenvalue weighted by Crippen LogP contribution is 2.21. The van der Waals surface area contributed by atoms with E-state index < -0.39 is 0 Å². The number of rotatable bonds is 6. The molecule has 0 radical (unpaired) electrons. The summed E-state index contributed by atoms with van der Waals surface area (Å²) in [4.78, 5) is 13.7. The normalized spacial score (nSPS) is 20.9. The number of halogens is 1. The molecule has 0 aromatic rings. The molecule has 1 atom stereocenters. The monoisotopic (exact) mass is 233 g/mol. The molecule has 1 rings (SSSR count). The van der Waals surface area contributed by atoms with Gasteiger partial charge in [-0.25, -0.2) is 0 Å². The highest BCUT2D eigenvalue weighted by Gasteiger charge is 2.27. The Morgan fingerprint density at radius 1 is 1.60 bits per heavy atom. The fraction of sp³-hybridized carbons (Fsp3) is 0.909. The number of hydrogen-bond acceptors (Lipinski definition) is 2. The lowest BCUT2D eigenvalue weighted by atomic mass is 10.1. The van der Waals surface area contributed by atoms with Crippen LogP contribution in [0, 0.1) is 0 Å². The summed E-state index contributed by atoms with van der Waals surface area (Å²) in [5.41, 5.74) is 0. The third-order valence-electron chi connectivity index (χ3n) is 2.80. The maximum Gasteiger partial charge on any atom is 0.248 e. The Balaban J connectivity index is 2.34. The zero-order valence-corrected chi connectivity index (χ0v) is 10.1. The molecule has 1 amide bonds. The summed E-state index contributed by atoms with van der Waals surface area (Å²) in [6.45, 7) is 3.63. The van der Waals surface area contributed by atoms with Crippen molar-refractivity contribution >= 4 is 17.5 Å². The van der Waals surface area contributed by atoms with Crippen LogP contribution in [0.5, 0.6) is 0 Å². The first-order valence-electron chi connectivity index (χ1n) is 5.72. The summed E-state index contributed by atoms with van der Waals surface area (Å²) in [5.74, 6) is 0.818. The summed E-state index contributed by atoms with van der Waals surface area (Å²) < 4.78 is 5.14. The Kier molecular flexibility index (Phi) is 6.03. The molecule has 1 fully saturated rings. The van der Waals surface area contributed by atoms with Gasteiger partial charge < -0.3 is 9.64 Å². The largest absolute Gasteiger partial charge is 0.372 e. The van der Waals surface area contributed by atoms with Crippen LogP contribution < -0.4 is 0 Å². The molecule has 1 saturated heterocycles. The molecule has 4 heteroatoms. The number of alkyl halides is 1. The van der Waals surface area contributed by atoms with Gasteiger partial charge in [0.25, 0.3) is 0 Å². The van der Waals surface area contributed by atoms with Crippen LogP contribution in [0.3, 0.4) is 0 Å². The molecule has 15 heavy (non-hydrogen) atoms. The number of amides is 1. The maximum atomic E-state index is 11.7. The number of ether oxygens (including phenoxy) is 1. The van der Waals surface area contributed by atoms with Crippen molar-refractivity contribution in [1.29, 1.82) is 0 Å². The van der Waals surface area contributed by atoms with Gasteiger partial charge in [0.1, 0.15) is 6.61 Å². The van der Waals surface area contributed by atoms with Crippen LogP contribution in [0.25, 0.3) is 0 Å². The summed E-state index contributed by atoms with van der Waals surface area (Å²) >= 11 is 5.66. The molecule has 0 N–H and O–H groups in total. The van der Waals surface area contributed by atoms with Gasteiger partial charge in [0.2, 0.25) is 5.91 Å². The molecule has 0 saturated carbocycles. The average Bonchev–Trinajstić information content (AvgIpc) is 2.71.